The third-order valence-corrected chi connectivity index (χ3v) is 3.08. The van der Waals surface area contributed by atoms with Gasteiger partial charge in [0.15, 0.2) is 0 Å². The lowest BCUT2D eigenvalue weighted by molar-refractivity contribution is 0.276. The molecule has 1 aliphatic carbocycles. The first-order chi connectivity index (χ1) is 6.07. The summed E-state index contributed by atoms with van der Waals surface area (Å²) in [5, 5.41) is 0. The molecular formula is C11H17NO. The van der Waals surface area contributed by atoms with Crippen molar-refractivity contribution in [2.24, 2.45) is 10.9 Å². The summed E-state index contributed by atoms with van der Waals surface area (Å²) in [6.45, 7) is 8.08. The van der Waals surface area contributed by atoms with Crippen LogP contribution in [0.4, 0.5) is 0 Å². The Labute approximate surface area is 79.8 Å². The van der Waals surface area contributed by atoms with Crippen molar-refractivity contribution in [3.63, 3.8) is 0 Å². The Morgan fingerprint density at radius 1 is 1.54 bits per heavy atom. The van der Waals surface area contributed by atoms with Crippen molar-refractivity contribution >= 4 is 6.08 Å². The third kappa shape index (κ3) is 2.53. The van der Waals surface area contributed by atoms with E-state index in [1.165, 1.54) is 5.57 Å². The van der Waals surface area contributed by atoms with Crippen LogP contribution in [0, 0.1) is 5.92 Å². The van der Waals surface area contributed by atoms with Gasteiger partial charge in [0.1, 0.15) is 0 Å². The van der Waals surface area contributed by atoms with Gasteiger partial charge in [-0.15, -0.1) is 0 Å². The zero-order valence-corrected chi connectivity index (χ0v) is 8.47. The molecule has 0 atom stereocenters. The summed E-state index contributed by atoms with van der Waals surface area (Å²) in [6, 6.07) is 0. The molecule has 2 heteroatoms. The van der Waals surface area contributed by atoms with E-state index in [2.05, 4.69) is 18.5 Å². The van der Waals surface area contributed by atoms with Gasteiger partial charge in [-0.05, 0) is 45.4 Å². The number of aliphatic imine (C=N–C) groups is 1. The smallest absolute Gasteiger partial charge is 0.211 e. The second-order valence-electron chi connectivity index (χ2n) is 4.32. The highest BCUT2D eigenvalue weighted by atomic mass is 16.1. The molecule has 0 N–H and O–H groups in total. The number of carbonyl (C=O) groups excluding carboxylic acids is 1. The molecule has 2 nitrogen and oxygen atoms in total. The van der Waals surface area contributed by atoms with Crippen LogP contribution in [0.1, 0.15) is 39.5 Å². The summed E-state index contributed by atoms with van der Waals surface area (Å²) in [4.78, 5) is 14.1. The van der Waals surface area contributed by atoms with Crippen molar-refractivity contribution in [3.8, 4) is 0 Å². The van der Waals surface area contributed by atoms with Crippen molar-refractivity contribution < 1.29 is 4.79 Å². The fourth-order valence-corrected chi connectivity index (χ4v) is 1.95. The lowest BCUT2D eigenvalue weighted by Crippen LogP contribution is -2.28. The molecule has 0 unspecified atom stereocenters. The van der Waals surface area contributed by atoms with Crippen molar-refractivity contribution in [3.05, 3.63) is 12.2 Å². The minimum Gasteiger partial charge on any atom is -0.211 e. The fourth-order valence-electron chi connectivity index (χ4n) is 1.95. The van der Waals surface area contributed by atoms with E-state index in [1.54, 1.807) is 6.08 Å². The van der Waals surface area contributed by atoms with Gasteiger partial charge in [0.05, 0.1) is 5.54 Å². The minimum atomic E-state index is -0.145. The molecule has 72 valence electrons. The molecular weight excluding hydrogens is 162 g/mol. The molecule has 0 saturated heterocycles. The zero-order chi connectivity index (χ0) is 9.90. The van der Waals surface area contributed by atoms with E-state index in [0.717, 1.165) is 25.7 Å². The number of allylic oxidation sites excluding steroid dienone is 1. The fraction of sp³-hybridized carbons (Fsp3) is 0.727. The summed E-state index contributed by atoms with van der Waals surface area (Å²) in [5.41, 5.74) is 1.12. The lowest BCUT2D eigenvalue weighted by atomic mass is 9.76. The van der Waals surface area contributed by atoms with Crippen LogP contribution in [0.3, 0.4) is 0 Å². The largest absolute Gasteiger partial charge is 0.235 e. The highest BCUT2D eigenvalue weighted by Gasteiger charge is 2.30. The molecule has 0 aromatic carbocycles. The molecule has 0 heterocycles. The quantitative estimate of drug-likeness (QED) is 0.364. The van der Waals surface area contributed by atoms with Gasteiger partial charge in [-0.1, -0.05) is 12.2 Å². The van der Waals surface area contributed by atoms with E-state index in [0.29, 0.717) is 5.92 Å². The molecule has 0 aliphatic heterocycles. The molecule has 1 fully saturated rings. The van der Waals surface area contributed by atoms with Crippen LogP contribution in [0.2, 0.25) is 0 Å². The molecule has 0 aromatic heterocycles. The maximum Gasteiger partial charge on any atom is 0.235 e. The first kappa shape index (κ1) is 10.2. The Balaban J connectivity index is 2.56. The molecule has 1 rings (SSSR count). The topological polar surface area (TPSA) is 29.4 Å². The Morgan fingerprint density at radius 3 is 2.46 bits per heavy atom. The predicted octanol–water partition coefficient (Wildman–Crippen LogP) is 2.85. The SMILES string of the molecule is C=C(C)C1CCC(C)(N=C=O)CC1. The molecule has 13 heavy (non-hydrogen) atoms. The third-order valence-electron chi connectivity index (χ3n) is 3.08. The number of hydrogen-bond donors (Lipinski definition) is 0. The molecule has 0 aromatic rings. The van der Waals surface area contributed by atoms with E-state index < -0.39 is 0 Å². The van der Waals surface area contributed by atoms with Crippen LogP contribution >= 0.6 is 0 Å². The first-order valence-corrected chi connectivity index (χ1v) is 4.82. The van der Waals surface area contributed by atoms with E-state index in [9.17, 15) is 4.79 Å². The maximum atomic E-state index is 10.2. The van der Waals surface area contributed by atoms with Gasteiger partial charge in [-0.25, -0.2) is 4.79 Å². The van der Waals surface area contributed by atoms with Crippen LogP contribution in [0.5, 0.6) is 0 Å². The summed E-state index contributed by atoms with van der Waals surface area (Å²) in [6.07, 6.45) is 5.86. The lowest BCUT2D eigenvalue weighted by Gasteiger charge is -2.33. The van der Waals surface area contributed by atoms with Crippen LogP contribution in [0.15, 0.2) is 17.1 Å². The zero-order valence-electron chi connectivity index (χ0n) is 8.47. The van der Waals surface area contributed by atoms with Gasteiger partial charge in [0, 0.05) is 0 Å². The Kier molecular flexibility index (Phi) is 3.05. The number of isocyanates is 1. The highest BCUT2D eigenvalue weighted by Crippen LogP contribution is 2.36. The Morgan fingerprint density at radius 2 is 2.08 bits per heavy atom. The monoisotopic (exact) mass is 179 g/mol. The second kappa shape index (κ2) is 3.89. The number of hydrogen-bond acceptors (Lipinski definition) is 2. The maximum absolute atomic E-state index is 10.2. The van der Waals surface area contributed by atoms with Gasteiger partial charge in [0.25, 0.3) is 0 Å². The summed E-state index contributed by atoms with van der Waals surface area (Å²) < 4.78 is 0. The van der Waals surface area contributed by atoms with Gasteiger partial charge in [-0.3, -0.25) is 0 Å². The van der Waals surface area contributed by atoms with E-state index >= 15 is 0 Å². The molecule has 1 saturated carbocycles. The van der Waals surface area contributed by atoms with Crippen LogP contribution in [-0.2, 0) is 4.79 Å². The number of nitrogens with zero attached hydrogens (tertiary/aromatic N) is 1. The van der Waals surface area contributed by atoms with Crippen molar-refractivity contribution in [2.45, 2.75) is 45.1 Å². The summed E-state index contributed by atoms with van der Waals surface area (Å²) >= 11 is 0. The summed E-state index contributed by atoms with van der Waals surface area (Å²) in [7, 11) is 0. The minimum absolute atomic E-state index is 0.145. The second-order valence-corrected chi connectivity index (χ2v) is 4.32. The van der Waals surface area contributed by atoms with E-state index in [4.69, 9.17) is 0 Å². The van der Waals surface area contributed by atoms with Crippen molar-refractivity contribution in [1.82, 2.24) is 0 Å². The average Bonchev–Trinajstić information content (AvgIpc) is 2.05. The molecule has 0 spiro atoms. The average molecular weight is 179 g/mol. The van der Waals surface area contributed by atoms with E-state index in [-0.39, 0.29) is 5.54 Å². The van der Waals surface area contributed by atoms with Gasteiger partial charge >= 0.3 is 0 Å². The first-order valence-electron chi connectivity index (χ1n) is 4.82. The van der Waals surface area contributed by atoms with Gasteiger partial charge in [0.2, 0.25) is 6.08 Å². The predicted molar refractivity (Wildman–Crippen MR) is 53.3 cm³/mol. The molecule has 0 radical (unpaired) electrons. The molecule has 0 amide bonds. The van der Waals surface area contributed by atoms with Crippen molar-refractivity contribution in [2.75, 3.05) is 0 Å². The van der Waals surface area contributed by atoms with Crippen LogP contribution in [0.25, 0.3) is 0 Å². The highest BCUT2D eigenvalue weighted by molar-refractivity contribution is 5.34. The van der Waals surface area contributed by atoms with Crippen molar-refractivity contribution in [1.29, 1.82) is 0 Å². The molecule has 0 bridgehead atoms. The van der Waals surface area contributed by atoms with Crippen LogP contribution in [-0.4, -0.2) is 11.6 Å². The van der Waals surface area contributed by atoms with E-state index in [1.807, 2.05) is 6.92 Å². The number of rotatable bonds is 2. The normalized spacial score (nSPS) is 33.5. The Hall–Kier alpha value is -0.880. The molecule has 1 aliphatic rings. The standard InChI is InChI=1S/C11H17NO/c1-9(2)10-4-6-11(3,7-5-10)12-8-13/h10H,1,4-7H2,2-3H3. The van der Waals surface area contributed by atoms with Gasteiger partial charge < -0.3 is 0 Å². The van der Waals surface area contributed by atoms with Crippen LogP contribution < -0.4 is 0 Å². The van der Waals surface area contributed by atoms with Gasteiger partial charge in [-0.2, -0.15) is 4.99 Å². The summed E-state index contributed by atoms with van der Waals surface area (Å²) in [5.74, 6) is 0.634. The Bertz CT molecular complexity index is 243.